The van der Waals surface area contributed by atoms with Crippen LogP contribution >= 0.6 is 24.0 Å². The molecule has 1 heterocycles. The van der Waals surface area contributed by atoms with Gasteiger partial charge in [0, 0.05) is 25.0 Å². The highest BCUT2D eigenvalue weighted by Gasteiger charge is 2.42. The van der Waals surface area contributed by atoms with Crippen molar-refractivity contribution in [2.75, 3.05) is 39.9 Å². The minimum absolute atomic E-state index is 0. The molecule has 7 heteroatoms. The van der Waals surface area contributed by atoms with Gasteiger partial charge < -0.3 is 20.1 Å². The summed E-state index contributed by atoms with van der Waals surface area (Å²) in [7, 11) is 1.44. The van der Waals surface area contributed by atoms with Crippen molar-refractivity contribution in [2.24, 2.45) is 22.2 Å². The standard InChI is InChI=1S/C15H27N3O3.HI/c1-4-16-14(17-9-15(10-19)5-6-15)18-7-11(2)12(8-18)13(20)21-3;/h11-12,19H,4-10H2,1-3H3,(H,16,17);1H. The van der Waals surface area contributed by atoms with E-state index in [1.165, 1.54) is 7.11 Å². The number of likely N-dealkylation sites (tertiary alicyclic amines) is 1. The number of halogens is 1. The number of hydrogen-bond acceptors (Lipinski definition) is 4. The molecule has 1 aliphatic heterocycles. The van der Waals surface area contributed by atoms with Gasteiger partial charge in [0.25, 0.3) is 0 Å². The van der Waals surface area contributed by atoms with Gasteiger partial charge in [-0.1, -0.05) is 6.92 Å². The van der Waals surface area contributed by atoms with Crippen molar-refractivity contribution in [3.63, 3.8) is 0 Å². The molecule has 1 saturated carbocycles. The molecule has 2 aliphatic rings. The summed E-state index contributed by atoms with van der Waals surface area (Å²) in [5.41, 5.74) is 0.00770. The van der Waals surface area contributed by atoms with Gasteiger partial charge in [-0.3, -0.25) is 9.79 Å². The number of carbonyl (C=O) groups is 1. The molecular weight excluding hydrogens is 397 g/mol. The Morgan fingerprint density at radius 1 is 1.45 bits per heavy atom. The van der Waals surface area contributed by atoms with E-state index >= 15 is 0 Å². The SMILES string of the molecule is CCNC(=NCC1(CO)CC1)N1CC(C)C(C(=O)OC)C1.I. The minimum atomic E-state index is -0.144. The number of aliphatic imine (C=N–C) groups is 1. The van der Waals surface area contributed by atoms with Crippen molar-refractivity contribution in [3.8, 4) is 0 Å². The lowest BCUT2D eigenvalue weighted by molar-refractivity contribution is -0.145. The molecule has 2 atom stereocenters. The molecule has 0 aromatic carbocycles. The lowest BCUT2D eigenvalue weighted by Crippen LogP contribution is -2.41. The monoisotopic (exact) mass is 425 g/mol. The summed E-state index contributed by atoms with van der Waals surface area (Å²) in [6.07, 6.45) is 2.10. The molecule has 0 radical (unpaired) electrons. The Balaban J connectivity index is 0.00000242. The zero-order chi connectivity index (χ0) is 15.5. The van der Waals surface area contributed by atoms with Crippen LogP contribution in [0, 0.1) is 17.3 Å². The van der Waals surface area contributed by atoms with Crippen molar-refractivity contribution in [3.05, 3.63) is 0 Å². The molecule has 6 nitrogen and oxygen atoms in total. The molecule has 2 fully saturated rings. The first-order valence-corrected chi connectivity index (χ1v) is 7.77. The second-order valence-electron chi connectivity index (χ2n) is 6.34. The Labute approximate surface area is 149 Å². The fraction of sp³-hybridized carbons (Fsp3) is 0.867. The van der Waals surface area contributed by atoms with Crippen LogP contribution in [0.15, 0.2) is 4.99 Å². The molecule has 0 bridgehead atoms. The van der Waals surface area contributed by atoms with Gasteiger partial charge in [-0.2, -0.15) is 0 Å². The second-order valence-corrected chi connectivity index (χ2v) is 6.34. The van der Waals surface area contributed by atoms with Gasteiger partial charge in [0.05, 0.1) is 26.2 Å². The number of aliphatic hydroxyl groups excluding tert-OH is 1. The second kappa shape index (κ2) is 8.33. The first-order valence-electron chi connectivity index (χ1n) is 7.77. The summed E-state index contributed by atoms with van der Waals surface area (Å²) in [5, 5.41) is 12.7. The molecule has 2 unspecified atom stereocenters. The van der Waals surface area contributed by atoms with E-state index < -0.39 is 0 Å². The van der Waals surface area contributed by atoms with Crippen LogP contribution in [-0.2, 0) is 9.53 Å². The highest BCUT2D eigenvalue weighted by atomic mass is 127. The van der Waals surface area contributed by atoms with Crippen LogP contribution in [0.4, 0.5) is 0 Å². The van der Waals surface area contributed by atoms with E-state index in [1.807, 2.05) is 6.92 Å². The maximum Gasteiger partial charge on any atom is 0.310 e. The number of nitrogens with zero attached hydrogens (tertiary/aromatic N) is 2. The summed E-state index contributed by atoms with van der Waals surface area (Å²) in [6, 6.07) is 0. The van der Waals surface area contributed by atoms with Crippen LogP contribution in [0.1, 0.15) is 26.7 Å². The van der Waals surface area contributed by atoms with E-state index in [0.29, 0.717) is 13.1 Å². The highest BCUT2D eigenvalue weighted by molar-refractivity contribution is 14.0. The van der Waals surface area contributed by atoms with Gasteiger partial charge in [-0.15, -0.1) is 24.0 Å². The Morgan fingerprint density at radius 2 is 2.14 bits per heavy atom. The van der Waals surface area contributed by atoms with Crippen LogP contribution in [0.5, 0.6) is 0 Å². The maximum atomic E-state index is 11.8. The van der Waals surface area contributed by atoms with Crippen molar-refractivity contribution in [1.29, 1.82) is 0 Å². The van der Waals surface area contributed by atoms with Gasteiger partial charge in [0.2, 0.25) is 0 Å². The Hall–Kier alpha value is -0.570. The first kappa shape index (κ1) is 19.5. The molecule has 1 saturated heterocycles. The molecule has 1 aliphatic carbocycles. The lowest BCUT2D eigenvalue weighted by atomic mass is 9.99. The molecule has 0 aromatic heterocycles. The summed E-state index contributed by atoms with van der Waals surface area (Å²) < 4.78 is 4.88. The van der Waals surface area contributed by atoms with E-state index in [0.717, 1.165) is 31.9 Å². The van der Waals surface area contributed by atoms with Gasteiger partial charge in [-0.25, -0.2) is 0 Å². The third kappa shape index (κ3) is 4.47. The fourth-order valence-corrected chi connectivity index (χ4v) is 2.81. The number of aliphatic hydroxyl groups is 1. The van der Waals surface area contributed by atoms with Crippen LogP contribution in [0.3, 0.4) is 0 Å². The maximum absolute atomic E-state index is 11.8. The van der Waals surface area contributed by atoms with Crippen molar-refractivity contribution in [1.82, 2.24) is 10.2 Å². The van der Waals surface area contributed by atoms with E-state index in [4.69, 9.17) is 4.74 Å². The van der Waals surface area contributed by atoms with Crippen LogP contribution in [0.25, 0.3) is 0 Å². The summed E-state index contributed by atoms with van der Waals surface area (Å²) in [6.45, 7) is 7.20. The third-order valence-corrected chi connectivity index (χ3v) is 4.61. The summed E-state index contributed by atoms with van der Waals surface area (Å²) in [5.74, 6) is 0.867. The number of hydrogen-bond donors (Lipinski definition) is 2. The number of rotatable bonds is 5. The van der Waals surface area contributed by atoms with Crippen LogP contribution in [-0.4, -0.2) is 61.8 Å². The molecule has 2 rings (SSSR count). The van der Waals surface area contributed by atoms with Crippen molar-refractivity contribution >= 4 is 35.9 Å². The zero-order valence-corrected chi connectivity index (χ0v) is 16.0. The molecule has 128 valence electrons. The number of ether oxygens (including phenoxy) is 1. The Bertz CT molecular complexity index is 413. The topological polar surface area (TPSA) is 74.2 Å². The minimum Gasteiger partial charge on any atom is -0.469 e. The Morgan fingerprint density at radius 3 is 2.64 bits per heavy atom. The number of nitrogens with one attached hydrogen (secondary N) is 1. The van der Waals surface area contributed by atoms with Crippen molar-refractivity contribution in [2.45, 2.75) is 26.7 Å². The van der Waals surface area contributed by atoms with Gasteiger partial charge in [0.15, 0.2) is 5.96 Å². The van der Waals surface area contributed by atoms with Gasteiger partial charge >= 0.3 is 5.97 Å². The molecule has 0 amide bonds. The van der Waals surface area contributed by atoms with Gasteiger partial charge in [0.1, 0.15) is 0 Å². The predicted molar refractivity (Wildman–Crippen MR) is 96.4 cm³/mol. The number of carbonyl (C=O) groups excluding carboxylic acids is 1. The predicted octanol–water partition coefficient (Wildman–Crippen LogP) is 1.08. The Kier molecular flexibility index (Phi) is 7.37. The van der Waals surface area contributed by atoms with E-state index in [-0.39, 0.29) is 53.8 Å². The van der Waals surface area contributed by atoms with E-state index in [1.54, 1.807) is 0 Å². The number of esters is 1. The van der Waals surface area contributed by atoms with Crippen molar-refractivity contribution < 1.29 is 14.6 Å². The third-order valence-electron chi connectivity index (χ3n) is 4.61. The zero-order valence-electron chi connectivity index (χ0n) is 13.7. The lowest BCUT2D eigenvalue weighted by Gasteiger charge is -2.22. The molecule has 0 spiro atoms. The van der Waals surface area contributed by atoms with Gasteiger partial charge in [-0.05, 0) is 25.7 Å². The van der Waals surface area contributed by atoms with Crippen LogP contribution in [0.2, 0.25) is 0 Å². The van der Waals surface area contributed by atoms with E-state index in [9.17, 15) is 9.90 Å². The first-order chi connectivity index (χ1) is 10.0. The highest BCUT2D eigenvalue weighted by Crippen LogP contribution is 2.45. The molecule has 22 heavy (non-hydrogen) atoms. The number of guanidine groups is 1. The normalized spacial score (nSPS) is 26.4. The molecule has 2 N–H and O–H groups in total. The van der Waals surface area contributed by atoms with E-state index in [2.05, 4.69) is 22.1 Å². The van der Waals surface area contributed by atoms with Crippen LogP contribution < -0.4 is 5.32 Å². The quantitative estimate of drug-likeness (QED) is 0.299. The largest absolute Gasteiger partial charge is 0.469 e. The summed E-state index contributed by atoms with van der Waals surface area (Å²) >= 11 is 0. The average Bonchev–Trinajstić information content (AvgIpc) is 3.18. The fourth-order valence-electron chi connectivity index (χ4n) is 2.81. The molecule has 0 aromatic rings. The number of methoxy groups -OCH3 is 1. The smallest absolute Gasteiger partial charge is 0.310 e. The molecular formula is C15H28IN3O3. The summed E-state index contributed by atoms with van der Waals surface area (Å²) in [4.78, 5) is 18.6. The average molecular weight is 425 g/mol.